The Bertz CT molecular complexity index is 767. The predicted molar refractivity (Wildman–Crippen MR) is 80.2 cm³/mol. The van der Waals surface area contributed by atoms with Gasteiger partial charge in [-0.05, 0) is 22.8 Å². The summed E-state index contributed by atoms with van der Waals surface area (Å²) >= 11 is 0. The predicted octanol–water partition coefficient (Wildman–Crippen LogP) is 2.00. The van der Waals surface area contributed by atoms with Crippen molar-refractivity contribution < 1.29 is 4.63 Å². The monoisotopic (exact) mass is 284 g/mol. The number of benzene rings is 1. The van der Waals surface area contributed by atoms with Crippen molar-refractivity contribution in [2.24, 2.45) is 0 Å². The fraction of sp³-hybridized carbons (Fsp3) is 0.286. The van der Waals surface area contributed by atoms with E-state index in [0.29, 0.717) is 29.5 Å². The highest BCUT2D eigenvalue weighted by molar-refractivity contribution is 5.73. The summed E-state index contributed by atoms with van der Waals surface area (Å²) in [4.78, 5) is 10.7. The van der Waals surface area contributed by atoms with Crippen LogP contribution in [0.2, 0.25) is 0 Å². The number of aryl methyl sites for hydroxylation is 1. The molecule has 0 aliphatic heterocycles. The summed E-state index contributed by atoms with van der Waals surface area (Å²) in [5, 5.41) is 10.7. The highest BCUT2D eigenvalue weighted by Crippen LogP contribution is 2.22. The van der Waals surface area contributed by atoms with E-state index in [-0.39, 0.29) is 0 Å². The number of rotatable bonds is 4. The topological polar surface area (TPSA) is 80.0 Å². The number of fused-ring (bicyclic) bond motifs is 1. The molecule has 3 rings (SSSR count). The lowest BCUT2D eigenvalue weighted by molar-refractivity contribution is 0.314. The first kappa shape index (κ1) is 13.3. The molecule has 0 saturated carbocycles. The van der Waals surface area contributed by atoms with E-state index in [9.17, 15) is 0 Å². The van der Waals surface area contributed by atoms with Gasteiger partial charge in [0.15, 0.2) is 11.6 Å². The highest BCUT2D eigenvalue weighted by atomic mass is 16.6. The van der Waals surface area contributed by atoms with Crippen LogP contribution < -0.4 is 10.2 Å². The molecule has 7 nitrogen and oxygen atoms in total. The molecule has 0 amide bonds. The molecule has 0 saturated heterocycles. The summed E-state index contributed by atoms with van der Waals surface area (Å²) in [5.74, 6) is 1.36. The average Bonchev–Trinajstić information content (AvgIpc) is 2.91. The van der Waals surface area contributed by atoms with E-state index in [2.05, 4.69) is 55.3 Å². The molecule has 1 N–H and O–H groups in total. The summed E-state index contributed by atoms with van der Waals surface area (Å²) in [6.45, 7) is 2.73. The maximum absolute atomic E-state index is 4.66. The Morgan fingerprint density at radius 2 is 1.90 bits per heavy atom. The Balaban J connectivity index is 1.89. The molecule has 0 aliphatic carbocycles. The van der Waals surface area contributed by atoms with Crippen LogP contribution in [0.5, 0.6) is 0 Å². The van der Waals surface area contributed by atoms with Crippen molar-refractivity contribution in [3.63, 3.8) is 0 Å². The van der Waals surface area contributed by atoms with Crippen molar-refractivity contribution >= 4 is 22.9 Å². The Kier molecular flexibility index (Phi) is 3.39. The van der Waals surface area contributed by atoms with Crippen molar-refractivity contribution in [2.45, 2.75) is 13.5 Å². The molecule has 0 unspecified atom stereocenters. The molecule has 108 valence electrons. The molecule has 1 aromatic carbocycles. The van der Waals surface area contributed by atoms with Crippen molar-refractivity contribution in [2.75, 3.05) is 24.3 Å². The van der Waals surface area contributed by atoms with Crippen LogP contribution in [0.4, 0.5) is 11.6 Å². The number of nitrogens with one attached hydrogen (secondary N) is 1. The van der Waals surface area contributed by atoms with Crippen LogP contribution in [-0.2, 0) is 6.54 Å². The van der Waals surface area contributed by atoms with Gasteiger partial charge in [-0.15, -0.1) is 0 Å². The Morgan fingerprint density at radius 1 is 1.14 bits per heavy atom. The number of nitrogens with zero attached hydrogens (tertiary/aromatic N) is 5. The minimum Gasteiger partial charge on any atom is -0.363 e. The molecular formula is C14H16N6O. The van der Waals surface area contributed by atoms with Gasteiger partial charge in [0.25, 0.3) is 0 Å². The molecule has 0 atom stereocenters. The molecule has 0 radical (unpaired) electrons. The van der Waals surface area contributed by atoms with E-state index in [4.69, 9.17) is 0 Å². The van der Waals surface area contributed by atoms with Gasteiger partial charge in [0.1, 0.15) is 0 Å². The van der Waals surface area contributed by atoms with Crippen molar-refractivity contribution in [1.29, 1.82) is 0 Å². The van der Waals surface area contributed by atoms with E-state index >= 15 is 0 Å². The second-order valence-corrected chi connectivity index (χ2v) is 5.04. The normalized spacial score (nSPS) is 10.8. The van der Waals surface area contributed by atoms with Crippen molar-refractivity contribution in [3.05, 3.63) is 35.4 Å². The van der Waals surface area contributed by atoms with Crippen LogP contribution in [0, 0.1) is 6.92 Å². The standard InChI is InChI=1S/C14H16N6O/c1-9-5-4-6-10(7-9)8-15-13-14(20(2)3)17-12-11(16-13)18-21-19-12/h4-7H,8H2,1-3H3,(H,15,16,18). The van der Waals surface area contributed by atoms with Crippen LogP contribution in [0.25, 0.3) is 11.3 Å². The molecule has 0 aliphatic rings. The third kappa shape index (κ3) is 2.76. The summed E-state index contributed by atoms with van der Waals surface area (Å²) in [6.07, 6.45) is 0. The lowest BCUT2D eigenvalue weighted by Crippen LogP contribution is -2.15. The molecule has 2 heterocycles. The zero-order valence-corrected chi connectivity index (χ0v) is 12.2. The Hall–Kier alpha value is -2.70. The Labute approximate surface area is 122 Å². The van der Waals surface area contributed by atoms with Gasteiger partial charge in [-0.2, -0.15) is 0 Å². The first-order chi connectivity index (χ1) is 10.1. The average molecular weight is 284 g/mol. The molecule has 0 bridgehead atoms. The molecule has 3 aromatic rings. The fourth-order valence-electron chi connectivity index (χ4n) is 2.07. The molecular weight excluding hydrogens is 268 g/mol. The minimum absolute atomic E-state index is 0.396. The number of anilines is 2. The number of aromatic nitrogens is 4. The maximum atomic E-state index is 4.66. The van der Waals surface area contributed by atoms with Gasteiger partial charge in [0.05, 0.1) is 0 Å². The fourth-order valence-corrected chi connectivity index (χ4v) is 2.07. The Morgan fingerprint density at radius 3 is 2.62 bits per heavy atom. The second-order valence-electron chi connectivity index (χ2n) is 5.04. The van der Waals surface area contributed by atoms with E-state index in [1.807, 2.05) is 25.1 Å². The quantitative estimate of drug-likeness (QED) is 0.784. The lowest BCUT2D eigenvalue weighted by Gasteiger charge is -2.15. The zero-order chi connectivity index (χ0) is 14.8. The molecule has 2 aromatic heterocycles. The van der Waals surface area contributed by atoms with E-state index in [0.717, 1.165) is 0 Å². The van der Waals surface area contributed by atoms with Crippen LogP contribution in [-0.4, -0.2) is 34.4 Å². The van der Waals surface area contributed by atoms with Crippen molar-refractivity contribution in [3.8, 4) is 0 Å². The molecule has 0 spiro atoms. The highest BCUT2D eigenvalue weighted by Gasteiger charge is 2.13. The smallest absolute Gasteiger partial charge is 0.245 e. The van der Waals surface area contributed by atoms with E-state index in [1.165, 1.54) is 11.1 Å². The first-order valence-electron chi connectivity index (χ1n) is 6.60. The number of hydrogen-bond donors (Lipinski definition) is 1. The molecule has 7 heteroatoms. The summed E-state index contributed by atoms with van der Waals surface area (Å²) in [5.41, 5.74) is 3.20. The molecule has 0 fully saturated rings. The summed E-state index contributed by atoms with van der Waals surface area (Å²) in [6, 6.07) is 8.31. The van der Waals surface area contributed by atoms with Crippen LogP contribution in [0.1, 0.15) is 11.1 Å². The van der Waals surface area contributed by atoms with Gasteiger partial charge < -0.3 is 10.2 Å². The van der Waals surface area contributed by atoms with Gasteiger partial charge in [0, 0.05) is 20.6 Å². The van der Waals surface area contributed by atoms with Crippen LogP contribution in [0.15, 0.2) is 28.9 Å². The maximum Gasteiger partial charge on any atom is 0.245 e. The van der Waals surface area contributed by atoms with E-state index in [1.54, 1.807) is 0 Å². The van der Waals surface area contributed by atoms with E-state index < -0.39 is 0 Å². The lowest BCUT2D eigenvalue weighted by atomic mass is 10.1. The van der Waals surface area contributed by atoms with Crippen LogP contribution in [0.3, 0.4) is 0 Å². The number of hydrogen-bond acceptors (Lipinski definition) is 7. The van der Waals surface area contributed by atoms with Gasteiger partial charge in [-0.3, -0.25) is 0 Å². The minimum atomic E-state index is 0.396. The van der Waals surface area contributed by atoms with Gasteiger partial charge >= 0.3 is 0 Å². The van der Waals surface area contributed by atoms with Crippen molar-refractivity contribution in [1.82, 2.24) is 20.3 Å². The van der Waals surface area contributed by atoms with Crippen LogP contribution >= 0.6 is 0 Å². The first-order valence-corrected chi connectivity index (χ1v) is 6.60. The second kappa shape index (κ2) is 5.35. The zero-order valence-electron chi connectivity index (χ0n) is 12.2. The molecule has 21 heavy (non-hydrogen) atoms. The van der Waals surface area contributed by atoms with Gasteiger partial charge in [-0.25, -0.2) is 14.6 Å². The third-order valence-electron chi connectivity index (χ3n) is 3.06. The van der Waals surface area contributed by atoms with Gasteiger partial charge in [0.2, 0.25) is 11.3 Å². The summed E-state index contributed by atoms with van der Waals surface area (Å²) in [7, 11) is 3.81. The SMILES string of the molecule is Cc1cccc(CNc2nc3nonc3nc2N(C)C)c1. The third-order valence-corrected chi connectivity index (χ3v) is 3.06. The van der Waals surface area contributed by atoms with Gasteiger partial charge in [-0.1, -0.05) is 29.8 Å². The largest absolute Gasteiger partial charge is 0.363 e. The summed E-state index contributed by atoms with van der Waals surface area (Å²) < 4.78 is 4.66.